The molecule has 0 bridgehead atoms. The zero-order valence-corrected chi connectivity index (χ0v) is 31.3. The number of rotatable bonds is 8. The molecule has 3 fully saturated rings. The molecule has 4 aliphatic rings. The number of methoxy groups -OCH3 is 1. The summed E-state index contributed by atoms with van der Waals surface area (Å²) in [5.74, 6) is -6.16. The van der Waals surface area contributed by atoms with Gasteiger partial charge in [-0.25, -0.2) is 4.39 Å². The van der Waals surface area contributed by atoms with Crippen molar-refractivity contribution in [1.29, 1.82) is 0 Å². The normalized spacial score (nSPS) is 25.1. The molecule has 4 amide bonds. The summed E-state index contributed by atoms with van der Waals surface area (Å²) >= 11 is 6.39. The van der Waals surface area contributed by atoms with Gasteiger partial charge >= 0.3 is 0 Å². The zero-order chi connectivity index (χ0) is 39.6. The number of ether oxygens (including phenoxy) is 1. The van der Waals surface area contributed by atoms with Gasteiger partial charge in [0, 0.05) is 33.9 Å². The first-order chi connectivity index (χ1) is 27.6. The molecule has 5 aromatic rings. The van der Waals surface area contributed by atoms with Gasteiger partial charge in [-0.2, -0.15) is 5.01 Å². The minimum Gasteiger partial charge on any atom is -0.508 e. The molecule has 0 radical (unpaired) electrons. The Bertz CT molecular complexity index is 2460. The van der Waals surface area contributed by atoms with Crippen molar-refractivity contribution in [2.75, 3.05) is 22.8 Å². The van der Waals surface area contributed by atoms with E-state index in [0.29, 0.717) is 27.5 Å². The monoisotopic (exact) mass is 782 g/mol. The number of amides is 4. The average molecular weight is 783 g/mol. The summed E-state index contributed by atoms with van der Waals surface area (Å²) < 4.78 is 19.8. The van der Waals surface area contributed by atoms with Crippen molar-refractivity contribution in [2.45, 2.75) is 24.2 Å². The molecule has 3 N–H and O–H groups in total. The predicted octanol–water partition coefficient (Wildman–Crippen LogP) is 8.13. The van der Waals surface area contributed by atoms with Gasteiger partial charge in [-0.1, -0.05) is 59.6 Å². The number of imide groups is 2. The molecule has 0 aromatic heterocycles. The van der Waals surface area contributed by atoms with Gasteiger partial charge in [-0.05, 0) is 103 Å². The number of aromatic hydroxyl groups is 1. The number of hydrogen-bond acceptors (Lipinski definition) is 8. The molecule has 9 rings (SSSR count). The van der Waals surface area contributed by atoms with E-state index in [-0.39, 0.29) is 36.2 Å². The van der Waals surface area contributed by atoms with Crippen LogP contribution in [0.4, 0.5) is 27.1 Å². The van der Waals surface area contributed by atoms with Crippen molar-refractivity contribution in [1.82, 2.24) is 5.01 Å². The van der Waals surface area contributed by atoms with E-state index in [9.17, 15) is 23.9 Å². The van der Waals surface area contributed by atoms with Crippen molar-refractivity contribution in [3.05, 3.63) is 155 Å². The molecule has 57 heavy (non-hydrogen) atoms. The van der Waals surface area contributed by atoms with E-state index in [0.717, 1.165) is 22.0 Å². The van der Waals surface area contributed by atoms with Crippen LogP contribution in [0.2, 0.25) is 5.02 Å². The third kappa shape index (κ3) is 5.75. The lowest BCUT2D eigenvalue weighted by Gasteiger charge is -2.50. The number of fused-ring (bicyclic) bond motifs is 4. The van der Waals surface area contributed by atoms with E-state index in [1.54, 1.807) is 42.5 Å². The SMILES string of the molecule is COc1cc(O)ccc1C1C2=CCC3C(=O)N(c4ccc(Nc5ccccc5)cc4)C(=O)C3C2CC2C(=O)N(Nc3ccc(F)cc3)C(=O)C21c1ccc(Cl)cc1. The first kappa shape index (κ1) is 36.2. The highest BCUT2D eigenvalue weighted by molar-refractivity contribution is 6.30. The fraction of sp³-hybridized carbons (Fsp3) is 0.200. The number of carbonyl (C=O) groups excluding carboxylic acids is 4. The molecule has 286 valence electrons. The number of anilines is 4. The minimum absolute atomic E-state index is 0.0663. The number of phenolic OH excluding ortho intramolecular Hbond substituents is 1. The van der Waals surface area contributed by atoms with Gasteiger partial charge in [0.1, 0.15) is 17.3 Å². The molecule has 6 unspecified atom stereocenters. The fourth-order valence-electron chi connectivity index (χ4n) is 9.57. The van der Waals surface area contributed by atoms with Crippen LogP contribution in [0, 0.1) is 29.5 Å². The van der Waals surface area contributed by atoms with Gasteiger partial charge in [-0.15, -0.1) is 0 Å². The molecule has 2 heterocycles. The smallest absolute Gasteiger partial charge is 0.260 e. The number of halogens is 2. The molecule has 6 atom stereocenters. The third-order valence-electron chi connectivity index (χ3n) is 12.0. The third-order valence-corrected chi connectivity index (χ3v) is 12.2. The van der Waals surface area contributed by atoms with Gasteiger partial charge in [0.2, 0.25) is 11.8 Å². The van der Waals surface area contributed by atoms with Crippen molar-refractivity contribution >= 4 is 58.0 Å². The molecule has 2 saturated heterocycles. The Morgan fingerprint density at radius 1 is 0.789 bits per heavy atom. The summed E-state index contributed by atoms with van der Waals surface area (Å²) in [6.07, 6.45) is 2.25. The predicted molar refractivity (Wildman–Crippen MR) is 212 cm³/mol. The van der Waals surface area contributed by atoms with E-state index >= 15 is 4.79 Å². The number of carbonyl (C=O) groups is 4. The van der Waals surface area contributed by atoms with Crippen LogP contribution in [0.25, 0.3) is 0 Å². The summed E-state index contributed by atoms with van der Waals surface area (Å²) in [4.78, 5) is 60.5. The van der Waals surface area contributed by atoms with Gasteiger partial charge in [0.25, 0.3) is 11.8 Å². The number of phenols is 1. The van der Waals surface area contributed by atoms with E-state index in [1.807, 2.05) is 48.5 Å². The van der Waals surface area contributed by atoms with Gasteiger partial charge in [-0.3, -0.25) is 29.5 Å². The van der Waals surface area contributed by atoms with Gasteiger partial charge in [0.05, 0.1) is 41.7 Å². The fourth-order valence-corrected chi connectivity index (χ4v) is 9.70. The minimum atomic E-state index is -1.60. The van der Waals surface area contributed by atoms with Crippen LogP contribution >= 0.6 is 11.6 Å². The zero-order valence-electron chi connectivity index (χ0n) is 30.6. The van der Waals surface area contributed by atoms with Gasteiger partial charge < -0.3 is 15.2 Å². The number of nitrogens with one attached hydrogen (secondary N) is 2. The van der Waals surface area contributed by atoms with Gasteiger partial charge in [0.15, 0.2) is 0 Å². The molecule has 12 heteroatoms. The molecule has 1 saturated carbocycles. The van der Waals surface area contributed by atoms with Crippen LogP contribution in [-0.4, -0.2) is 40.9 Å². The molecule has 2 aliphatic carbocycles. The number of para-hydroxylation sites is 1. The van der Waals surface area contributed by atoms with Crippen LogP contribution < -0.4 is 20.4 Å². The summed E-state index contributed by atoms with van der Waals surface area (Å²) in [7, 11) is 1.46. The molecule has 2 aliphatic heterocycles. The second kappa shape index (κ2) is 13.9. The number of hydrogen-bond donors (Lipinski definition) is 3. The highest BCUT2D eigenvalue weighted by Gasteiger charge is 2.70. The van der Waals surface area contributed by atoms with E-state index in [4.69, 9.17) is 16.3 Å². The van der Waals surface area contributed by atoms with Crippen molar-refractivity contribution in [3.63, 3.8) is 0 Å². The lowest BCUT2D eigenvalue weighted by molar-refractivity contribution is -0.138. The number of hydrazine groups is 1. The standard InChI is InChI=1S/C45H36ClFN4O6/c1-57-38-23-32(52)19-20-34(38)40-33-21-22-35-39(43(55)50(41(35)53)31-17-15-29(16-18-31)48-28-5-3-2-4-6-28)36(33)24-37-42(54)51(49-30-13-11-27(47)12-14-30)44(56)45(37,40)25-7-9-26(46)10-8-25/h2-21,23,35-37,39-40,48-49,52H,22,24H2,1H3. The van der Waals surface area contributed by atoms with E-state index < -0.39 is 52.6 Å². The molecule has 0 spiro atoms. The summed E-state index contributed by atoms with van der Waals surface area (Å²) in [6, 6.07) is 33.5. The first-order valence-electron chi connectivity index (χ1n) is 18.6. The topological polar surface area (TPSA) is 128 Å². The first-order valence-corrected chi connectivity index (χ1v) is 19.0. The molecular formula is C45H36ClFN4O6. The summed E-state index contributed by atoms with van der Waals surface area (Å²) in [6.45, 7) is 0. The van der Waals surface area contributed by atoms with Crippen LogP contribution in [0.15, 0.2) is 133 Å². The molecule has 10 nitrogen and oxygen atoms in total. The second-order valence-corrected chi connectivity index (χ2v) is 15.3. The lowest BCUT2D eigenvalue weighted by atomic mass is 9.49. The van der Waals surface area contributed by atoms with Crippen LogP contribution in [0.5, 0.6) is 11.5 Å². The Morgan fingerprint density at radius 3 is 2.18 bits per heavy atom. The van der Waals surface area contributed by atoms with E-state index in [2.05, 4.69) is 10.7 Å². The lowest BCUT2D eigenvalue weighted by Crippen LogP contribution is -2.53. The highest BCUT2D eigenvalue weighted by atomic mass is 35.5. The molecular weight excluding hydrogens is 747 g/mol. The highest BCUT2D eigenvalue weighted by Crippen LogP contribution is 2.65. The molecule has 5 aromatic carbocycles. The number of nitrogens with zero attached hydrogens (tertiary/aromatic N) is 2. The van der Waals surface area contributed by atoms with Crippen molar-refractivity contribution < 1.29 is 33.4 Å². The second-order valence-electron chi connectivity index (χ2n) is 14.8. The number of benzene rings is 5. The maximum Gasteiger partial charge on any atom is 0.260 e. The largest absolute Gasteiger partial charge is 0.508 e. The number of allylic oxidation sites excluding steroid dienone is 2. The Hall–Kier alpha value is -6.46. The maximum absolute atomic E-state index is 15.4. The van der Waals surface area contributed by atoms with Crippen LogP contribution in [0.3, 0.4) is 0 Å². The van der Waals surface area contributed by atoms with Crippen LogP contribution in [-0.2, 0) is 24.6 Å². The van der Waals surface area contributed by atoms with Crippen molar-refractivity contribution in [3.8, 4) is 11.5 Å². The van der Waals surface area contributed by atoms with Crippen molar-refractivity contribution in [2.24, 2.45) is 23.7 Å². The Morgan fingerprint density at radius 2 is 1.47 bits per heavy atom. The summed E-state index contributed by atoms with van der Waals surface area (Å²) in [5.41, 5.74) is 5.53. The Kier molecular flexibility index (Phi) is 8.85. The Labute approximate surface area is 332 Å². The van der Waals surface area contributed by atoms with E-state index in [1.165, 1.54) is 48.4 Å². The maximum atomic E-state index is 15.4. The quantitative estimate of drug-likeness (QED) is 0.106. The summed E-state index contributed by atoms with van der Waals surface area (Å²) in [5, 5.41) is 15.3. The van der Waals surface area contributed by atoms with Crippen LogP contribution in [0.1, 0.15) is 29.9 Å². The average Bonchev–Trinajstić information content (AvgIpc) is 3.60. The Balaban J connectivity index is 1.17.